The van der Waals surface area contributed by atoms with Crippen molar-refractivity contribution in [2.75, 3.05) is 34.0 Å². The van der Waals surface area contributed by atoms with Gasteiger partial charge in [-0.3, -0.25) is 29.8 Å². The highest BCUT2D eigenvalue weighted by Gasteiger charge is 2.65. The maximum absolute atomic E-state index is 14.5. The molecule has 1 heterocycles. The number of ether oxygens (including phenoxy) is 4. The van der Waals surface area contributed by atoms with Gasteiger partial charge in [0.05, 0.1) is 40.8 Å². The van der Waals surface area contributed by atoms with Gasteiger partial charge in [-0.1, -0.05) is 30.1 Å². The molecule has 0 saturated heterocycles. The number of fused-ring (bicyclic) bond motifs is 2. The van der Waals surface area contributed by atoms with Crippen molar-refractivity contribution in [3.8, 4) is 23.0 Å². The van der Waals surface area contributed by atoms with E-state index in [2.05, 4.69) is 12.7 Å². The summed E-state index contributed by atoms with van der Waals surface area (Å²) in [5.41, 5.74) is 3.52. The Balaban J connectivity index is 1.39. The number of rotatable bonds is 23. The van der Waals surface area contributed by atoms with E-state index in [4.69, 9.17) is 28.9 Å². The molecule has 4 aromatic rings. The molecule has 69 heavy (non-hydrogen) atoms. The largest absolute Gasteiger partial charge is 0.496 e. The summed E-state index contributed by atoms with van der Waals surface area (Å²) in [4.78, 5) is 55.8. The lowest BCUT2D eigenvalue weighted by Gasteiger charge is -2.59. The van der Waals surface area contributed by atoms with E-state index < -0.39 is 33.5 Å². The third-order valence-electron chi connectivity index (χ3n) is 13.1. The molecule has 7 rings (SSSR count). The number of non-ortho nitro benzene ring substituents is 2. The zero-order chi connectivity index (χ0) is 49.1. The van der Waals surface area contributed by atoms with Crippen LogP contribution in [0, 0.1) is 38.0 Å². The van der Waals surface area contributed by atoms with Crippen molar-refractivity contribution in [3.05, 3.63) is 158 Å². The van der Waals surface area contributed by atoms with Crippen LogP contribution in [0.1, 0.15) is 77.9 Å². The number of carbonyl (C=O) groups excluding carboxylic acids is 2. The number of hydrogen-bond acceptors (Lipinski definition) is 14. The van der Waals surface area contributed by atoms with E-state index in [0.29, 0.717) is 77.4 Å². The fraction of sp³-hybridized carbons (Fsp3) is 0.365. The fourth-order valence-electron chi connectivity index (χ4n) is 9.84. The molecule has 362 valence electrons. The van der Waals surface area contributed by atoms with Gasteiger partial charge in [-0.2, -0.15) is 0 Å². The number of amides is 1. The predicted molar refractivity (Wildman–Crippen MR) is 256 cm³/mol. The van der Waals surface area contributed by atoms with Gasteiger partial charge in [-0.15, -0.1) is 6.58 Å². The van der Waals surface area contributed by atoms with E-state index in [0.717, 1.165) is 24.0 Å². The normalized spacial score (nSPS) is 21.8. The molecule has 0 aromatic heterocycles. The van der Waals surface area contributed by atoms with Crippen LogP contribution in [0.2, 0.25) is 0 Å². The van der Waals surface area contributed by atoms with Gasteiger partial charge in [0.2, 0.25) is 11.7 Å². The highest BCUT2D eigenvalue weighted by molar-refractivity contribution is 6.03. The van der Waals surface area contributed by atoms with Gasteiger partial charge in [0.25, 0.3) is 11.4 Å². The molecule has 1 aliphatic heterocycles. The Kier molecular flexibility index (Phi) is 16.4. The van der Waals surface area contributed by atoms with E-state index in [1.165, 1.54) is 37.5 Å². The Morgan fingerprint density at radius 3 is 2.25 bits per heavy atom. The smallest absolute Gasteiger partial charge is 0.269 e. The first-order chi connectivity index (χ1) is 33.4. The topological polar surface area (TPSA) is 223 Å². The second-order valence-corrected chi connectivity index (χ2v) is 17.2. The first kappa shape index (κ1) is 49.7. The van der Waals surface area contributed by atoms with Gasteiger partial charge >= 0.3 is 0 Å². The van der Waals surface area contributed by atoms with Crippen molar-refractivity contribution < 1.29 is 53.4 Å². The second kappa shape index (κ2) is 22.7. The molecule has 0 radical (unpaired) electrons. The lowest BCUT2D eigenvalue weighted by molar-refractivity contribution is -0.385. The Morgan fingerprint density at radius 2 is 1.59 bits per heavy atom. The summed E-state index contributed by atoms with van der Waals surface area (Å²) in [6.07, 6.45) is 11.6. The van der Waals surface area contributed by atoms with Crippen LogP contribution in [-0.4, -0.2) is 88.7 Å². The molecule has 1 saturated carbocycles. The summed E-state index contributed by atoms with van der Waals surface area (Å²) in [5.74, 6) is -1.34. The minimum atomic E-state index is -1.55. The van der Waals surface area contributed by atoms with Gasteiger partial charge in [0, 0.05) is 68.5 Å². The van der Waals surface area contributed by atoms with E-state index in [9.17, 15) is 40.0 Å². The average Bonchev–Trinajstić information content (AvgIpc) is 3.36. The molecule has 1 fully saturated rings. The van der Waals surface area contributed by atoms with Crippen LogP contribution in [0.15, 0.2) is 120 Å². The van der Waals surface area contributed by atoms with E-state index in [1.807, 2.05) is 12.1 Å². The van der Waals surface area contributed by atoms with Crippen LogP contribution in [0.4, 0.5) is 11.4 Å². The number of hydrogen-bond donors (Lipinski definition) is 2. The minimum Gasteiger partial charge on any atom is -0.496 e. The monoisotopic (exact) mass is 944 g/mol. The Morgan fingerprint density at radius 1 is 0.928 bits per heavy atom. The number of allylic oxidation sites excluding steroid dienone is 1. The highest BCUT2D eigenvalue weighted by atomic mass is 16.7. The minimum absolute atomic E-state index is 0.0110. The summed E-state index contributed by atoms with van der Waals surface area (Å²) in [6, 6.07) is 21.4. The molecular weight excluding hydrogens is 889 g/mol. The van der Waals surface area contributed by atoms with E-state index >= 15 is 0 Å². The number of oxime groups is 1. The zero-order valence-electron chi connectivity index (χ0n) is 38.5. The molecule has 3 aliphatic rings. The van der Waals surface area contributed by atoms with Gasteiger partial charge in [0.15, 0.2) is 6.29 Å². The Bertz CT molecular complexity index is 2600. The number of carbonyl (C=O) groups is 2. The Hall–Kier alpha value is -7.21. The number of nitro benzene ring substituents is 2. The van der Waals surface area contributed by atoms with E-state index in [1.54, 1.807) is 72.6 Å². The molecule has 4 aromatic carbocycles. The molecule has 0 spiro atoms. The SMILES string of the molecule is C=CCOC12Oc3ccc(Oc4ccc(OC)c(C=O)c4)cc3C3C(CCCCO)C(CCCCO)C=C(C(=NOCc4ccc([N+](=O)[O-])cc4)CC1N(C)C(=O)C=Cc1ccc([N+](=O)[O-])cc1)C32. The number of benzene rings is 4. The quantitative estimate of drug-likeness (QED) is 0.0177. The molecule has 2 N–H and O–H groups in total. The maximum Gasteiger partial charge on any atom is 0.269 e. The predicted octanol–water partition coefficient (Wildman–Crippen LogP) is 9.12. The number of nitro groups is 2. The number of aldehydes is 1. The highest BCUT2D eigenvalue weighted by Crippen LogP contribution is 2.62. The summed E-state index contributed by atoms with van der Waals surface area (Å²) in [7, 11) is 3.14. The third-order valence-corrected chi connectivity index (χ3v) is 13.1. The number of aliphatic hydroxyl groups excluding tert-OH is 2. The van der Waals surface area contributed by atoms with Crippen LogP contribution >= 0.6 is 0 Å². The Labute approximate surface area is 399 Å². The van der Waals surface area contributed by atoms with Crippen LogP contribution in [0.5, 0.6) is 23.0 Å². The van der Waals surface area contributed by atoms with Crippen LogP contribution in [0.3, 0.4) is 0 Å². The number of methoxy groups -OCH3 is 1. The van der Waals surface area contributed by atoms with Crippen molar-refractivity contribution >= 4 is 35.4 Å². The number of unbranched alkanes of at least 4 members (excludes halogenated alkanes) is 2. The molecular formula is C52H56N4O13. The lowest BCUT2D eigenvalue weighted by Crippen LogP contribution is -2.69. The van der Waals surface area contributed by atoms with Gasteiger partial charge in [-0.25, -0.2) is 0 Å². The van der Waals surface area contributed by atoms with Crippen molar-refractivity contribution in [3.63, 3.8) is 0 Å². The van der Waals surface area contributed by atoms with Crippen molar-refractivity contribution in [1.29, 1.82) is 0 Å². The van der Waals surface area contributed by atoms with Crippen molar-refractivity contribution in [2.45, 2.75) is 69.3 Å². The number of aliphatic hydroxyl groups is 2. The summed E-state index contributed by atoms with van der Waals surface area (Å²) >= 11 is 0. The number of nitrogens with zero attached hydrogens (tertiary/aromatic N) is 4. The van der Waals surface area contributed by atoms with E-state index in [-0.39, 0.29) is 62.0 Å². The van der Waals surface area contributed by atoms with Gasteiger partial charge in [0.1, 0.15) is 35.6 Å². The fourth-order valence-corrected chi connectivity index (χ4v) is 9.84. The first-order valence-corrected chi connectivity index (χ1v) is 22.9. The van der Waals surface area contributed by atoms with Crippen molar-refractivity contribution in [1.82, 2.24) is 4.90 Å². The third kappa shape index (κ3) is 11.1. The van der Waals surface area contributed by atoms with Crippen LogP contribution in [0.25, 0.3) is 6.08 Å². The van der Waals surface area contributed by atoms with Gasteiger partial charge < -0.3 is 38.9 Å². The molecule has 17 heteroatoms. The second-order valence-electron chi connectivity index (χ2n) is 17.2. The summed E-state index contributed by atoms with van der Waals surface area (Å²) in [5, 5.41) is 47.4. The maximum atomic E-state index is 14.5. The lowest BCUT2D eigenvalue weighted by atomic mass is 9.55. The van der Waals surface area contributed by atoms with Crippen molar-refractivity contribution in [2.24, 2.45) is 22.9 Å². The first-order valence-electron chi connectivity index (χ1n) is 22.9. The molecule has 6 atom stereocenters. The molecule has 17 nitrogen and oxygen atoms in total. The molecule has 1 amide bonds. The number of likely N-dealkylation sites (N-methyl/N-ethyl adjacent to an activating group) is 1. The standard InChI is InChI=1S/C52H56N4O13/c1-4-27-66-52-48(54(2)49(60)24-15-34-11-16-38(17-12-34)55(61)62)31-45(53-67-33-35-13-18-39(19-14-35)56(63)64)43-29-36(9-5-7-25-57)42(10-6-8-26-58)50(51(43)52)44-30-41(21-23-47(44)69-52)68-40-20-22-46(65-3)37(28-40)32-59/h4,11-24,28-30,32,36,42,48,50-51,57-58H,1,5-10,25-27,31,33H2,2-3H3. The summed E-state index contributed by atoms with van der Waals surface area (Å²) in [6.45, 7) is 4.04. The van der Waals surface area contributed by atoms with Crippen LogP contribution < -0.4 is 14.2 Å². The molecule has 0 bridgehead atoms. The summed E-state index contributed by atoms with van der Waals surface area (Å²) < 4.78 is 26.0. The van der Waals surface area contributed by atoms with Gasteiger partial charge in [-0.05, 0) is 121 Å². The zero-order valence-corrected chi connectivity index (χ0v) is 38.5. The van der Waals surface area contributed by atoms with Crippen LogP contribution in [-0.2, 0) is 21.0 Å². The molecule has 2 aliphatic carbocycles. The average molecular weight is 945 g/mol. The molecule has 6 unspecified atom stereocenters.